The molecule has 1 amide bonds. The molecule has 0 aliphatic carbocycles. The second-order valence-electron chi connectivity index (χ2n) is 5.73. The zero-order valence-corrected chi connectivity index (χ0v) is 14.1. The van der Waals surface area contributed by atoms with Gasteiger partial charge in [0.1, 0.15) is 5.75 Å². The number of alkyl halides is 3. The van der Waals surface area contributed by atoms with Gasteiger partial charge in [-0.25, -0.2) is 0 Å². The lowest BCUT2D eigenvalue weighted by atomic mass is 10.0. The lowest BCUT2D eigenvalue weighted by Crippen LogP contribution is -2.60. The van der Waals surface area contributed by atoms with Gasteiger partial charge in [-0.15, -0.1) is 0 Å². The van der Waals surface area contributed by atoms with E-state index in [1.807, 2.05) is 0 Å². The molecule has 1 aromatic rings. The average Bonchev–Trinajstić information content (AvgIpc) is 2.51. The third-order valence-electron chi connectivity index (χ3n) is 3.67. The summed E-state index contributed by atoms with van der Waals surface area (Å²) >= 11 is 0. The molecule has 0 aliphatic heterocycles. The van der Waals surface area contributed by atoms with Crippen molar-refractivity contribution in [2.24, 2.45) is 0 Å². The lowest BCUT2D eigenvalue weighted by Gasteiger charge is -2.44. The van der Waals surface area contributed by atoms with Crippen molar-refractivity contribution in [3.05, 3.63) is 30.3 Å². The zero-order valence-electron chi connectivity index (χ0n) is 14.1. The molecule has 1 rings (SSSR count). The Labute approximate surface area is 140 Å². The molecule has 2 unspecified atom stereocenters. The summed E-state index contributed by atoms with van der Waals surface area (Å²) in [7, 11) is 0. The van der Waals surface area contributed by atoms with E-state index < -0.39 is 30.5 Å². The Kier molecular flexibility index (Phi) is 7.08. The Morgan fingerprint density at radius 1 is 1.25 bits per heavy atom. The van der Waals surface area contributed by atoms with Crippen LogP contribution in [0.4, 0.5) is 13.2 Å². The summed E-state index contributed by atoms with van der Waals surface area (Å²) in [6.07, 6.45) is -5.26. The van der Waals surface area contributed by atoms with Crippen molar-refractivity contribution in [1.29, 1.82) is 0 Å². The third-order valence-corrected chi connectivity index (χ3v) is 3.67. The van der Waals surface area contributed by atoms with Crippen LogP contribution in [0.3, 0.4) is 0 Å². The number of carbonyl (C=O) groups is 1. The first-order valence-electron chi connectivity index (χ1n) is 7.97. The molecule has 0 saturated heterocycles. The van der Waals surface area contributed by atoms with Crippen molar-refractivity contribution in [2.45, 2.75) is 58.0 Å². The maximum atomic E-state index is 13.1. The standard InChI is InChI=1S/C17H24F3NO3/c1-4-11-16(5-2,24-14-9-7-6-8-10-14)21(12-13(3)22)15(23)17(18,19)20/h6-10,13,22H,4-5,11-12H2,1-3H3. The van der Waals surface area contributed by atoms with Crippen LogP contribution in [-0.2, 0) is 4.79 Å². The maximum absolute atomic E-state index is 13.1. The summed E-state index contributed by atoms with van der Waals surface area (Å²) < 4.78 is 45.1. The van der Waals surface area contributed by atoms with E-state index in [2.05, 4.69) is 0 Å². The number of rotatable bonds is 8. The number of amides is 1. The average molecular weight is 347 g/mol. The van der Waals surface area contributed by atoms with Gasteiger partial charge in [0.25, 0.3) is 0 Å². The topological polar surface area (TPSA) is 49.8 Å². The Bertz CT molecular complexity index is 520. The molecule has 1 aromatic carbocycles. The number of aliphatic hydroxyl groups excluding tert-OH is 1. The molecule has 1 N–H and O–H groups in total. The van der Waals surface area contributed by atoms with Gasteiger partial charge in [0, 0.05) is 12.8 Å². The molecule has 0 aliphatic rings. The third kappa shape index (κ3) is 5.12. The van der Waals surface area contributed by atoms with Crippen molar-refractivity contribution in [1.82, 2.24) is 4.90 Å². The summed E-state index contributed by atoms with van der Waals surface area (Å²) in [4.78, 5) is 12.6. The number of halogens is 3. The van der Waals surface area contributed by atoms with Gasteiger partial charge in [-0.1, -0.05) is 38.5 Å². The van der Waals surface area contributed by atoms with Crippen molar-refractivity contribution < 1.29 is 27.8 Å². The number of benzene rings is 1. The van der Waals surface area contributed by atoms with Gasteiger partial charge in [-0.05, 0) is 19.1 Å². The summed E-state index contributed by atoms with van der Waals surface area (Å²) in [5, 5.41) is 9.61. The number of hydrogen-bond acceptors (Lipinski definition) is 3. The number of nitrogens with zero attached hydrogens (tertiary/aromatic N) is 1. The van der Waals surface area contributed by atoms with Crippen LogP contribution in [0.15, 0.2) is 30.3 Å². The van der Waals surface area contributed by atoms with Gasteiger partial charge in [0.05, 0.1) is 12.6 Å². The number of hydrogen-bond donors (Lipinski definition) is 1. The highest BCUT2D eigenvalue weighted by atomic mass is 19.4. The van der Waals surface area contributed by atoms with E-state index in [-0.39, 0.29) is 12.8 Å². The summed E-state index contributed by atoms with van der Waals surface area (Å²) in [6, 6.07) is 8.41. The molecule has 0 heterocycles. The fourth-order valence-corrected chi connectivity index (χ4v) is 2.63. The number of carbonyl (C=O) groups excluding carboxylic acids is 1. The van der Waals surface area contributed by atoms with Crippen LogP contribution in [0, 0.1) is 0 Å². The van der Waals surface area contributed by atoms with Gasteiger partial charge in [-0.2, -0.15) is 13.2 Å². The highest BCUT2D eigenvalue weighted by Crippen LogP contribution is 2.33. The highest BCUT2D eigenvalue weighted by molar-refractivity contribution is 5.82. The van der Waals surface area contributed by atoms with Crippen LogP contribution in [-0.4, -0.2) is 40.5 Å². The molecule has 7 heteroatoms. The Morgan fingerprint density at radius 2 is 1.83 bits per heavy atom. The molecule has 0 aromatic heterocycles. The molecular formula is C17H24F3NO3. The minimum Gasteiger partial charge on any atom is -0.468 e. The molecule has 2 atom stereocenters. The first kappa shape index (κ1) is 20.3. The van der Waals surface area contributed by atoms with Gasteiger partial charge in [0.2, 0.25) is 0 Å². The van der Waals surface area contributed by atoms with Crippen LogP contribution in [0.1, 0.15) is 40.0 Å². The monoisotopic (exact) mass is 347 g/mol. The van der Waals surface area contributed by atoms with Crippen LogP contribution in [0.2, 0.25) is 0 Å². The molecule has 4 nitrogen and oxygen atoms in total. The quantitative estimate of drug-likeness (QED) is 0.729. The minimum absolute atomic E-state index is 0.157. The molecule has 0 fully saturated rings. The molecule has 24 heavy (non-hydrogen) atoms. The van der Waals surface area contributed by atoms with Crippen molar-refractivity contribution >= 4 is 5.91 Å². The fourth-order valence-electron chi connectivity index (χ4n) is 2.63. The number of aliphatic hydroxyl groups is 1. The number of para-hydroxylation sites is 1. The van der Waals surface area contributed by atoms with E-state index >= 15 is 0 Å². The van der Waals surface area contributed by atoms with Crippen molar-refractivity contribution in [2.75, 3.05) is 6.54 Å². The SMILES string of the molecule is CCCC(CC)(Oc1ccccc1)N(CC(C)O)C(=O)C(F)(F)F. The molecule has 0 radical (unpaired) electrons. The zero-order chi connectivity index (χ0) is 18.4. The van der Waals surface area contributed by atoms with E-state index in [1.54, 1.807) is 44.2 Å². The predicted octanol–water partition coefficient (Wildman–Crippen LogP) is 3.74. The Hall–Kier alpha value is -1.76. The molecular weight excluding hydrogens is 323 g/mol. The van der Waals surface area contributed by atoms with E-state index in [1.165, 1.54) is 6.92 Å². The first-order chi connectivity index (χ1) is 11.2. The second-order valence-corrected chi connectivity index (χ2v) is 5.73. The van der Waals surface area contributed by atoms with Gasteiger partial charge in [0.15, 0.2) is 5.72 Å². The Morgan fingerprint density at radius 3 is 2.25 bits per heavy atom. The maximum Gasteiger partial charge on any atom is 0.471 e. The largest absolute Gasteiger partial charge is 0.471 e. The predicted molar refractivity (Wildman–Crippen MR) is 84.4 cm³/mol. The normalized spacial score (nSPS) is 15.5. The summed E-state index contributed by atoms with van der Waals surface area (Å²) in [6.45, 7) is 4.35. The number of ether oxygens (including phenoxy) is 1. The Balaban J connectivity index is 3.31. The van der Waals surface area contributed by atoms with Gasteiger partial charge >= 0.3 is 12.1 Å². The van der Waals surface area contributed by atoms with Crippen LogP contribution < -0.4 is 4.74 Å². The first-order valence-corrected chi connectivity index (χ1v) is 7.97. The van der Waals surface area contributed by atoms with E-state index in [0.29, 0.717) is 17.1 Å². The molecule has 136 valence electrons. The molecule has 0 bridgehead atoms. The van der Waals surface area contributed by atoms with Gasteiger partial charge in [-0.3, -0.25) is 9.69 Å². The van der Waals surface area contributed by atoms with Crippen molar-refractivity contribution in [3.8, 4) is 5.75 Å². The van der Waals surface area contributed by atoms with Gasteiger partial charge < -0.3 is 9.84 Å². The van der Waals surface area contributed by atoms with Crippen LogP contribution in [0.25, 0.3) is 0 Å². The van der Waals surface area contributed by atoms with E-state index in [4.69, 9.17) is 4.74 Å². The second kappa shape index (κ2) is 8.37. The summed E-state index contributed by atoms with van der Waals surface area (Å²) in [5.41, 5.74) is -1.47. The molecule has 0 spiro atoms. The summed E-state index contributed by atoms with van der Waals surface area (Å²) in [5.74, 6) is -1.63. The smallest absolute Gasteiger partial charge is 0.468 e. The minimum atomic E-state index is -5.04. The van der Waals surface area contributed by atoms with E-state index in [9.17, 15) is 23.1 Å². The van der Waals surface area contributed by atoms with Crippen LogP contribution in [0.5, 0.6) is 5.75 Å². The molecule has 0 saturated carbocycles. The van der Waals surface area contributed by atoms with Crippen LogP contribution >= 0.6 is 0 Å². The van der Waals surface area contributed by atoms with Crippen molar-refractivity contribution in [3.63, 3.8) is 0 Å². The van der Waals surface area contributed by atoms with E-state index in [0.717, 1.165) is 0 Å². The highest BCUT2D eigenvalue weighted by Gasteiger charge is 2.50. The fraction of sp³-hybridized carbons (Fsp3) is 0.588. The lowest BCUT2D eigenvalue weighted by molar-refractivity contribution is -0.208.